The predicted octanol–water partition coefficient (Wildman–Crippen LogP) is 1.67. The summed E-state index contributed by atoms with van der Waals surface area (Å²) in [6.45, 7) is 7.86. The standard InChI is InChI=1S/C12H23N3O/c1-10(2)15-9-12(7-13-15)8-14(4)6-5-11(3)16/h7,9-11,16H,5-6,8H2,1-4H3. The zero-order chi connectivity index (χ0) is 12.1. The first-order valence-electron chi connectivity index (χ1n) is 5.88. The highest BCUT2D eigenvalue weighted by molar-refractivity contribution is 5.03. The molecule has 0 fully saturated rings. The fraction of sp³-hybridized carbons (Fsp3) is 0.750. The first kappa shape index (κ1) is 13.2. The molecule has 16 heavy (non-hydrogen) atoms. The van der Waals surface area contributed by atoms with E-state index in [1.54, 1.807) is 0 Å². The second kappa shape index (κ2) is 6.01. The SMILES string of the molecule is CC(O)CCN(C)Cc1cnn(C(C)C)c1. The van der Waals surface area contributed by atoms with Crippen LogP contribution in [0.2, 0.25) is 0 Å². The number of aliphatic hydroxyl groups is 1. The Morgan fingerprint density at radius 1 is 1.44 bits per heavy atom. The number of rotatable bonds is 6. The Kier molecular flexibility index (Phi) is 4.96. The average molecular weight is 225 g/mol. The molecule has 1 aromatic rings. The maximum atomic E-state index is 9.20. The van der Waals surface area contributed by atoms with Crippen LogP contribution in [0.1, 0.15) is 38.8 Å². The van der Waals surface area contributed by atoms with Gasteiger partial charge in [0.05, 0.1) is 12.3 Å². The average Bonchev–Trinajstić information content (AvgIpc) is 2.63. The lowest BCUT2D eigenvalue weighted by Gasteiger charge is -2.16. The van der Waals surface area contributed by atoms with E-state index < -0.39 is 0 Å². The molecule has 4 nitrogen and oxygen atoms in total. The van der Waals surface area contributed by atoms with Gasteiger partial charge in [-0.25, -0.2) is 0 Å². The molecule has 0 saturated heterocycles. The molecule has 0 saturated carbocycles. The van der Waals surface area contributed by atoms with Gasteiger partial charge in [-0.2, -0.15) is 5.10 Å². The quantitative estimate of drug-likeness (QED) is 0.800. The van der Waals surface area contributed by atoms with Crippen molar-refractivity contribution in [1.29, 1.82) is 0 Å². The molecule has 1 rings (SSSR count). The minimum absolute atomic E-state index is 0.221. The van der Waals surface area contributed by atoms with Gasteiger partial charge in [0.15, 0.2) is 0 Å². The Morgan fingerprint density at radius 3 is 2.62 bits per heavy atom. The zero-order valence-electron chi connectivity index (χ0n) is 10.7. The van der Waals surface area contributed by atoms with Crippen molar-refractivity contribution in [3.05, 3.63) is 18.0 Å². The second-order valence-corrected chi connectivity index (χ2v) is 4.80. The molecule has 0 bridgehead atoms. The Hall–Kier alpha value is -0.870. The summed E-state index contributed by atoms with van der Waals surface area (Å²) in [7, 11) is 2.06. The molecule has 0 radical (unpaired) electrons. The lowest BCUT2D eigenvalue weighted by Crippen LogP contribution is -2.21. The van der Waals surface area contributed by atoms with E-state index >= 15 is 0 Å². The van der Waals surface area contributed by atoms with Gasteiger partial charge in [-0.3, -0.25) is 4.68 Å². The molecule has 4 heteroatoms. The van der Waals surface area contributed by atoms with E-state index in [1.165, 1.54) is 5.56 Å². The highest BCUT2D eigenvalue weighted by Crippen LogP contribution is 2.07. The minimum Gasteiger partial charge on any atom is -0.393 e. The first-order valence-corrected chi connectivity index (χ1v) is 5.88. The third kappa shape index (κ3) is 4.33. The van der Waals surface area contributed by atoms with Crippen LogP contribution in [0.25, 0.3) is 0 Å². The Bertz CT molecular complexity index is 307. The predicted molar refractivity (Wildman–Crippen MR) is 65.2 cm³/mol. The smallest absolute Gasteiger partial charge is 0.0534 e. The number of hydrogen-bond acceptors (Lipinski definition) is 3. The molecular weight excluding hydrogens is 202 g/mol. The maximum absolute atomic E-state index is 9.20. The summed E-state index contributed by atoms with van der Waals surface area (Å²) in [6, 6.07) is 0.413. The fourth-order valence-corrected chi connectivity index (χ4v) is 1.54. The summed E-state index contributed by atoms with van der Waals surface area (Å²) in [4.78, 5) is 2.20. The normalized spacial score (nSPS) is 13.7. The van der Waals surface area contributed by atoms with Crippen LogP contribution >= 0.6 is 0 Å². The molecular formula is C12H23N3O. The van der Waals surface area contributed by atoms with Crippen molar-refractivity contribution in [2.24, 2.45) is 0 Å². The molecule has 1 atom stereocenters. The monoisotopic (exact) mass is 225 g/mol. The molecule has 0 aliphatic heterocycles. The van der Waals surface area contributed by atoms with Crippen molar-refractivity contribution in [3.63, 3.8) is 0 Å². The molecule has 1 aromatic heterocycles. The zero-order valence-corrected chi connectivity index (χ0v) is 10.7. The Balaban J connectivity index is 2.40. The first-order chi connectivity index (χ1) is 7.49. The van der Waals surface area contributed by atoms with Crippen LogP contribution in [0.15, 0.2) is 12.4 Å². The molecule has 1 unspecified atom stereocenters. The second-order valence-electron chi connectivity index (χ2n) is 4.80. The van der Waals surface area contributed by atoms with Crippen molar-refractivity contribution >= 4 is 0 Å². The van der Waals surface area contributed by atoms with Crippen LogP contribution in [-0.2, 0) is 6.54 Å². The molecule has 0 aliphatic carbocycles. The summed E-state index contributed by atoms with van der Waals surface area (Å²) in [5.41, 5.74) is 1.22. The van der Waals surface area contributed by atoms with Gasteiger partial charge in [0.25, 0.3) is 0 Å². The third-order valence-corrected chi connectivity index (χ3v) is 2.57. The lowest BCUT2D eigenvalue weighted by atomic mass is 10.2. The Labute approximate surface area is 97.9 Å². The number of nitrogens with zero attached hydrogens (tertiary/aromatic N) is 3. The van der Waals surface area contributed by atoms with Gasteiger partial charge in [-0.1, -0.05) is 0 Å². The van der Waals surface area contributed by atoms with E-state index in [4.69, 9.17) is 0 Å². The highest BCUT2D eigenvalue weighted by Gasteiger charge is 2.05. The van der Waals surface area contributed by atoms with Gasteiger partial charge >= 0.3 is 0 Å². The molecule has 0 amide bonds. The summed E-state index contributed by atoms with van der Waals surface area (Å²) in [5.74, 6) is 0. The van der Waals surface area contributed by atoms with Gasteiger partial charge < -0.3 is 10.0 Å². The summed E-state index contributed by atoms with van der Waals surface area (Å²) < 4.78 is 1.97. The highest BCUT2D eigenvalue weighted by atomic mass is 16.3. The van der Waals surface area contributed by atoms with E-state index in [1.807, 2.05) is 17.8 Å². The molecule has 0 aromatic carbocycles. The molecule has 92 valence electrons. The van der Waals surface area contributed by atoms with Crippen LogP contribution in [0.5, 0.6) is 0 Å². The van der Waals surface area contributed by atoms with Crippen LogP contribution in [0.3, 0.4) is 0 Å². The van der Waals surface area contributed by atoms with E-state index in [2.05, 4.69) is 37.1 Å². The minimum atomic E-state index is -0.221. The van der Waals surface area contributed by atoms with Crippen molar-refractivity contribution in [1.82, 2.24) is 14.7 Å². The van der Waals surface area contributed by atoms with Crippen molar-refractivity contribution in [2.45, 2.75) is 45.9 Å². The topological polar surface area (TPSA) is 41.3 Å². The van der Waals surface area contributed by atoms with Crippen molar-refractivity contribution < 1.29 is 5.11 Å². The molecule has 1 N–H and O–H groups in total. The number of aromatic nitrogens is 2. The van der Waals surface area contributed by atoms with Gasteiger partial charge in [0.1, 0.15) is 0 Å². The summed E-state index contributed by atoms with van der Waals surface area (Å²) in [5, 5.41) is 13.5. The summed E-state index contributed by atoms with van der Waals surface area (Å²) in [6.07, 6.45) is 4.60. The van der Waals surface area contributed by atoms with E-state index in [0.29, 0.717) is 6.04 Å². The molecule has 0 aliphatic rings. The Morgan fingerprint density at radius 2 is 2.12 bits per heavy atom. The number of hydrogen-bond donors (Lipinski definition) is 1. The van der Waals surface area contributed by atoms with Crippen LogP contribution in [0.4, 0.5) is 0 Å². The van der Waals surface area contributed by atoms with Crippen molar-refractivity contribution in [3.8, 4) is 0 Å². The van der Waals surface area contributed by atoms with E-state index in [9.17, 15) is 5.11 Å². The van der Waals surface area contributed by atoms with Gasteiger partial charge in [-0.15, -0.1) is 0 Å². The summed E-state index contributed by atoms with van der Waals surface area (Å²) >= 11 is 0. The van der Waals surface area contributed by atoms with Crippen LogP contribution < -0.4 is 0 Å². The van der Waals surface area contributed by atoms with E-state index in [-0.39, 0.29) is 6.10 Å². The third-order valence-electron chi connectivity index (χ3n) is 2.57. The maximum Gasteiger partial charge on any atom is 0.0534 e. The van der Waals surface area contributed by atoms with E-state index in [0.717, 1.165) is 19.5 Å². The lowest BCUT2D eigenvalue weighted by molar-refractivity contribution is 0.163. The number of aliphatic hydroxyl groups excluding tert-OH is 1. The van der Waals surface area contributed by atoms with Crippen molar-refractivity contribution in [2.75, 3.05) is 13.6 Å². The fourth-order valence-electron chi connectivity index (χ4n) is 1.54. The molecule has 0 spiro atoms. The van der Waals surface area contributed by atoms with Crippen LogP contribution in [-0.4, -0.2) is 39.5 Å². The molecule has 1 heterocycles. The van der Waals surface area contributed by atoms with Gasteiger partial charge in [0, 0.05) is 30.9 Å². The van der Waals surface area contributed by atoms with Crippen LogP contribution in [0, 0.1) is 0 Å². The van der Waals surface area contributed by atoms with Gasteiger partial charge in [0.2, 0.25) is 0 Å². The van der Waals surface area contributed by atoms with Gasteiger partial charge in [-0.05, 0) is 34.2 Å². The largest absolute Gasteiger partial charge is 0.393 e.